The molecule has 1 aromatic heterocycles. The van der Waals surface area contributed by atoms with Crippen molar-refractivity contribution >= 4 is 28.7 Å². The van der Waals surface area contributed by atoms with Gasteiger partial charge in [0.25, 0.3) is 0 Å². The lowest BCUT2D eigenvalue weighted by molar-refractivity contribution is -0.348. The monoisotopic (exact) mass is 587 g/mol. The van der Waals surface area contributed by atoms with Crippen LogP contribution in [0, 0.1) is 5.82 Å². The predicted molar refractivity (Wildman–Crippen MR) is 123 cm³/mol. The molecule has 206 valence electrons. The predicted octanol–water partition coefficient (Wildman–Crippen LogP) is 6.38. The number of carbonyl (C=O) groups is 1. The van der Waals surface area contributed by atoms with Gasteiger partial charge in [0.15, 0.2) is 4.90 Å². The van der Waals surface area contributed by atoms with E-state index in [2.05, 4.69) is 10.4 Å². The Morgan fingerprint density at radius 1 is 1.08 bits per heavy atom. The molecule has 0 aliphatic heterocycles. The first-order chi connectivity index (χ1) is 17.5. The minimum absolute atomic E-state index is 0.115. The summed E-state index contributed by atoms with van der Waals surface area (Å²) in [5.41, 5.74) is -7.17. The molecule has 0 bridgehead atoms. The van der Waals surface area contributed by atoms with E-state index in [9.17, 15) is 44.5 Å². The second kappa shape index (κ2) is 10.7. The molecule has 5 nitrogen and oxygen atoms in total. The molecule has 0 aliphatic carbocycles. The molecule has 3 aromatic rings. The molecule has 38 heavy (non-hydrogen) atoms. The number of nitrogens with one attached hydrogen (secondary N) is 1. The van der Waals surface area contributed by atoms with E-state index in [-0.39, 0.29) is 42.3 Å². The van der Waals surface area contributed by atoms with Crippen LogP contribution < -0.4 is 5.32 Å². The molecule has 15 heteroatoms. The highest BCUT2D eigenvalue weighted by molar-refractivity contribution is 7.90. The standard InChI is InChI=1S/C23H18ClF8N3O2S/c1-3-19(36)33-9-13-6-12(4-5-17(13)25)14-10-34-35(11-14)20-16(24)7-15(8-18(20)38(2)37)21(26,22(27,28)29)23(30,31)32/h4-8,10-11H,3,9H2,1-2H3,(H,33,36). The van der Waals surface area contributed by atoms with Gasteiger partial charge in [-0.2, -0.15) is 31.4 Å². The fourth-order valence-electron chi connectivity index (χ4n) is 3.50. The normalized spacial score (nSPS) is 13.5. The summed E-state index contributed by atoms with van der Waals surface area (Å²) in [6.07, 6.45) is -9.14. The van der Waals surface area contributed by atoms with Gasteiger partial charge in [0.2, 0.25) is 5.91 Å². The van der Waals surface area contributed by atoms with Crippen molar-refractivity contribution in [3.63, 3.8) is 0 Å². The van der Waals surface area contributed by atoms with Gasteiger partial charge in [0.05, 0.1) is 11.2 Å². The lowest BCUT2D eigenvalue weighted by Gasteiger charge is -2.31. The summed E-state index contributed by atoms with van der Waals surface area (Å²) < 4.78 is 122. The van der Waals surface area contributed by atoms with Crippen LogP contribution in [0.3, 0.4) is 0 Å². The topological polar surface area (TPSA) is 70.0 Å². The van der Waals surface area contributed by atoms with Crippen LogP contribution in [0.2, 0.25) is 5.02 Å². The van der Waals surface area contributed by atoms with E-state index in [1.807, 2.05) is 0 Å². The van der Waals surface area contributed by atoms with Crippen molar-refractivity contribution in [2.75, 3.05) is 6.26 Å². The van der Waals surface area contributed by atoms with Crippen molar-refractivity contribution in [3.8, 4) is 16.8 Å². The highest BCUT2D eigenvalue weighted by Gasteiger charge is 2.73. The van der Waals surface area contributed by atoms with Crippen molar-refractivity contribution in [2.45, 2.75) is 42.8 Å². The van der Waals surface area contributed by atoms with Gasteiger partial charge in [-0.15, -0.1) is 0 Å². The zero-order valence-electron chi connectivity index (χ0n) is 19.5. The summed E-state index contributed by atoms with van der Waals surface area (Å²) in [4.78, 5) is 10.9. The molecule has 1 N–H and O–H groups in total. The van der Waals surface area contributed by atoms with Gasteiger partial charge in [0.1, 0.15) is 17.8 Å². The fourth-order valence-corrected chi connectivity index (χ4v) is 4.64. The van der Waals surface area contributed by atoms with Crippen LogP contribution in [0.5, 0.6) is 0 Å². The minimum atomic E-state index is -6.39. The average molecular weight is 588 g/mol. The molecule has 1 unspecified atom stereocenters. The average Bonchev–Trinajstić information content (AvgIpc) is 3.30. The maximum atomic E-state index is 14.6. The Balaban J connectivity index is 2.10. The number of amides is 1. The summed E-state index contributed by atoms with van der Waals surface area (Å²) in [5, 5.41) is 5.74. The maximum Gasteiger partial charge on any atom is 0.435 e. The molecule has 0 radical (unpaired) electrons. The molecule has 0 saturated carbocycles. The highest BCUT2D eigenvalue weighted by Crippen LogP contribution is 2.54. The zero-order chi connectivity index (χ0) is 28.6. The van der Waals surface area contributed by atoms with E-state index in [1.54, 1.807) is 6.92 Å². The van der Waals surface area contributed by atoms with Crippen molar-refractivity contribution in [1.29, 1.82) is 0 Å². The Hall–Kier alpha value is -2.84. The number of hydrogen-bond donors (Lipinski definition) is 1. The first-order valence-corrected chi connectivity index (χ1v) is 12.5. The quantitative estimate of drug-likeness (QED) is 0.257. The van der Waals surface area contributed by atoms with Crippen LogP contribution in [0.1, 0.15) is 24.5 Å². The Kier molecular flexibility index (Phi) is 8.39. The molecule has 0 aliphatic rings. The highest BCUT2D eigenvalue weighted by atomic mass is 35.5. The Bertz CT molecular complexity index is 1330. The number of rotatable bonds is 7. The van der Waals surface area contributed by atoms with Crippen molar-refractivity contribution in [1.82, 2.24) is 15.1 Å². The molecule has 3 rings (SSSR count). The fraction of sp³-hybridized carbons (Fsp3) is 0.304. The van der Waals surface area contributed by atoms with Gasteiger partial charge in [-0.1, -0.05) is 24.6 Å². The number of alkyl halides is 7. The van der Waals surface area contributed by atoms with Gasteiger partial charge in [-0.05, 0) is 34.9 Å². The smallest absolute Gasteiger partial charge is 0.435 e. The third kappa shape index (κ3) is 5.61. The van der Waals surface area contributed by atoms with E-state index in [4.69, 9.17) is 11.6 Å². The summed E-state index contributed by atoms with van der Waals surface area (Å²) >= 11 is 3.78. The van der Waals surface area contributed by atoms with E-state index in [0.717, 1.165) is 17.0 Å². The van der Waals surface area contributed by atoms with Crippen molar-refractivity contribution in [2.24, 2.45) is 0 Å². The summed E-state index contributed by atoms with van der Waals surface area (Å²) in [6.45, 7) is 1.50. The van der Waals surface area contributed by atoms with Gasteiger partial charge < -0.3 is 9.87 Å². The molecule has 0 spiro atoms. The lowest BCUT2D eigenvalue weighted by Crippen LogP contribution is -2.50. The molecule has 0 saturated heterocycles. The van der Waals surface area contributed by atoms with Gasteiger partial charge in [0, 0.05) is 41.9 Å². The van der Waals surface area contributed by atoms with Crippen LogP contribution >= 0.6 is 11.6 Å². The minimum Gasteiger partial charge on any atom is -0.612 e. The molecular formula is C23H18ClF8N3O2S. The first-order valence-electron chi connectivity index (χ1n) is 10.6. The molecule has 1 amide bonds. The summed E-state index contributed by atoms with van der Waals surface area (Å²) in [7, 11) is 0. The van der Waals surface area contributed by atoms with Crippen LogP contribution in [0.4, 0.5) is 35.1 Å². The van der Waals surface area contributed by atoms with E-state index in [1.165, 1.54) is 24.5 Å². The second-order valence-corrected chi connectivity index (χ2v) is 9.78. The van der Waals surface area contributed by atoms with Gasteiger partial charge >= 0.3 is 18.0 Å². The second-order valence-electron chi connectivity index (χ2n) is 8.02. The summed E-state index contributed by atoms with van der Waals surface area (Å²) in [5.74, 6) is -0.918. The van der Waals surface area contributed by atoms with Crippen LogP contribution in [0.25, 0.3) is 16.8 Å². The number of benzene rings is 2. The van der Waals surface area contributed by atoms with E-state index < -0.39 is 50.5 Å². The van der Waals surface area contributed by atoms with Crippen LogP contribution in [0.15, 0.2) is 47.6 Å². The van der Waals surface area contributed by atoms with Crippen LogP contribution in [-0.4, -0.2) is 38.8 Å². The van der Waals surface area contributed by atoms with Crippen molar-refractivity contribution < 1.29 is 44.5 Å². The molecular weight excluding hydrogens is 570 g/mol. The number of carbonyl (C=O) groups excluding carboxylic acids is 1. The maximum absolute atomic E-state index is 14.6. The number of halogens is 9. The lowest BCUT2D eigenvalue weighted by atomic mass is 9.94. The Morgan fingerprint density at radius 3 is 2.26 bits per heavy atom. The van der Waals surface area contributed by atoms with Gasteiger partial charge in [-0.3, -0.25) is 4.79 Å². The molecule has 0 fully saturated rings. The number of hydrogen-bond acceptors (Lipinski definition) is 3. The number of nitrogens with zero attached hydrogens (tertiary/aromatic N) is 2. The first kappa shape index (κ1) is 29.7. The Morgan fingerprint density at radius 2 is 1.71 bits per heavy atom. The van der Waals surface area contributed by atoms with Crippen LogP contribution in [-0.2, 0) is 28.2 Å². The molecule has 1 atom stereocenters. The van der Waals surface area contributed by atoms with Crippen molar-refractivity contribution in [3.05, 3.63) is 64.7 Å². The third-order valence-corrected chi connectivity index (χ3v) is 6.72. The molecule has 2 aromatic carbocycles. The summed E-state index contributed by atoms with van der Waals surface area (Å²) in [6, 6.07) is 4.24. The largest absolute Gasteiger partial charge is 0.612 e. The van der Waals surface area contributed by atoms with E-state index in [0.29, 0.717) is 11.1 Å². The zero-order valence-corrected chi connectivity index (χ0v) is 21.0. The number of aromatic nitrogens is 2. The SMILES string of the molecule is CCC(=O)NCc1cc(-c2cnn(-c3c(Cl)cc(C(F)(C(F)(F)F)C(F)(F)F)cc3[S+](C)[O-])c2)ccc1F. The van der Waals surface area contributed by atoms with Gasteiger partial charge in [-0.25, -0.2) is 13.5 Å². The molecule has 1 heterocycles. The third-order valence-electron chi connectivity index (χ3n) is 5.51. The van der Waals surface area contributed by atoms with E-state index >= 15 is 0 Å². The Labute approximate surface area is 219 Å².